The average molecular weight is 522 g/mol. The molecule has 3 rings (SSSR count). The predicted molar refractivity (Wildman–Crippen MR) is 141 cm³/mol. The van der Waals surface area contributed by atoms with Crippen molar-refractivity contribution in [2.75, 3.05) is 6.61 Å². The molecule has 0 aliphatic carbocycles. The first-order valence-corrected chi connectivity index (χ1v) is 13.4. The van der Waals surface area contributed by atoms with Gasteiger partial charge < -0.3 is 4.74 Å². The van der Waals surface area contributed by atoms with Gasteiger partial charge in [-0.05, 0) is 29.7 Å². The van der Waals surface area contributed by atoms with E-state index in [2.05, 4.69) is 0 Å². The molecule has 33 heavy (non-hydrogen) atoms. The Hall–Kier alpha value is -2.03. The molecular weight excluding hydrogens is 498 g/mol. The van der Waals surface area contributed by atoms with E-state index in [9.17, 15) is 9.59 Å². The van der Waals surface area contributed by atoms with Crippen LogP contribution >= 0.6 is 41.7 Å². The minimum Gasteiger partial charge on any atom is -0.462 e. The number of carbonyl (C=O) groups excluding carboxylic acids is 2. The van der Waals surface area contributed by atoms with Crippen molar-refractivity contribution in [2.45, 2.75) is 23.6 Å². The number of rotatable bonds is 8. The van der Waals surface area contributed by atoms with Gasteiger partial charge in [-0.25, -0.2) is 4.79 Å². The highest BCUT2D eigenvalue weighted by atomic mass is 35.6. The fourth-order valence-corrected chi connectivity index (χ4v) is 8.44. The molecule has 0 atom stereocenters. The average Bonchev–Trinajstić information content (AvgIpc) is 2.82. The van der Waals surface area contributed by atoms with Crippen LogP contribution < -0.4 is 15.9 Å². The lowest BCUT2D eigenvalue weighted by Gasteiger charge is -2.31. The second kappa shape index (κ2) is 11.4. The third kappa shape index (κ3) is 5.91. The summed E-state index contributed by atoms with van der Waals surface area (Å²) in [4.78, 5) is 27.3. The maximum Gasteiger partial charge on any atom is 0.342 e. The molecule has 0 unspecified atom stereocenters. The molecule has 0 aromatic heterocycles. The van der Waals surface area contributed by atoms with Crippen LogP contribution in [0.3, 0.4) is 0 Å². The number of benzene rings is 3. The summed E-state index contributed by atoms with van der Waals surface area (Å²) < 4.78 is 3.85. The topological polar surface area (TPSA) is 43.4 Å². The number of alkyl halides is 3. The van der Waals surface area contributed by atoms with E-state index >= 15 is 0 Å². The third-order valence-corrected chi connectivity index (χ3v) is 10.0. The molecule has 0 aliphatic heterocycles. The van der Waals surface area contributed by atoms with Gasteiger partial charge in [0, 0.05) is 12.8 Å². The lowest BCUT2D eigenvalue weighted by molar-refractivity contribution is -0.135. The zero-order valence-electron chi connectivity index (χ0n) is 18.1. The summed E-state index contributed by atoms with van der Waals surface area (Å²) in [5.74, 6) is -1.03. The monoisotopic (exact) mass is 520 g/mol. The van der Waals surface area contributed by atoms with E-state index < -0.39 is 16.6 Å². The summed E-state index contributed by atoms with van der Waals surface area (Å²) in [7, 11) is 0. The van der Waals surface area contributed by atoms with Crippen LogP contribution in [0.15, 0.2) is 91.0 Å². The second-order valence-electron chi connectivity index (χ2n) is 7.28. The Kier molecular flexibility index (Phi) is 8.84. The fourth-order valence-electron chi connectivity index (χ4n) is 3.80. The van der Waals surface area contributed by atoms with Crippen LogP contribution in [0.5, 0.6) is 0 Å². The number of hydrogen-bond donors (Lipinski definition) is 0. The number of ketones is 1. The van der Waals surface area contributed by atoms with Gasteiger partial charge in [-0.2, -0.15) is 0 Å². The predicted octanol–water partition coefficient (Wildman–Crippen LogP) is 5.44. The molecule has 172 valence electrons. The molecule has 3 nitrogen and oxygen atoms in total. The maximum atomic E-state index is 13.8. The minimum absolute atomic E-state index is 0.0161. The zero-order valence-corrected chi connectivity index (χ0v) is 21.2. The van der Waals surface area contributed by atoms with E-state index in [4.69, 9.17) is 39.5 Å². The molecule has 0 bridgehead atoms. The molecule has 0 fully saturated rings. The van der Waals surface area contributed by atoms with E-state index in [1.165, 1.54) is 0 Å². The Morgan fingerprint density at radius 2 is 1.15 bits per heavy atom. The molecule has 0 aliphatic rings. The van der Waals surface area contributed by atoms with Crippen LogP contribution in [-0.4, -0.2) is 27.4 Å². The van der Waals surface area contributed by atoms with E-state index in [-0.39, 0.29) is 30.5 Å². The van der Waals surface area contributed by atoms with Crippen molar-refractivity contribution < 1.29 is 14.3 Å². The Morgan fingerprint density at radius 1 is 0.758 bits per heavy atom. The first-order valence-electron chi connectivity index (χ1n) is 10.5. The standard InChI is InChI=1S/C26H24Cl3O3P/c1-2-32-25(31)24(23(30)18-19-26(27,28)29)33(20-12-6-3-7-13-20,21-14-8-4-9-15-21)22-16-10-5-11-17-22/h3-17H,2,18-19H2,1H3. The van der Waals surface area contributed by atoms with Gasteiger partial charge in [0.25, 0.3) is 0 Å². The van der Waals surface area contributed by atoms with Gasteiger partial charge in [-0.3, -0.25) is 4.79 Å². The molecule has 7 heteroatoms. The summed E-state index contributed by atoms with van der Waals surface area (Å²) in [5, 5.41) is 2.70. The molecule has 3 aromatic rings. The minimum atomic E-state index is -2.92. The second-order valence-corrected chi connectivity index (χ2v) is 13.1. The smallest absolute Gasteiger partial charge is 0.342 e. The van der Waals surface area contributed by atoms with E-state index in [0.29, 0.717) is 0 Å². The zero-order chi connectivity index (χ0) is 23.9. The summed E-state index contributed by atoms with van der Waals surface area (Å²) in [5.41, 5.74) is 0. The summed E-state index contributed by atoms with van der Waals surface area (Å²) >= 11 is 17.9. The van der Waals surface area contributed by atoms with Crippen molar-refractivity contribution in [2.24, 2.45) is 0 Å². The SMILES string of the molecule is CCOC(=O)C(C(=O)CCC(Cl)(Cl)Cl)=P(c1ccccc1)(c1ccccc1)c1ccccc1. The number of ether oxygens (including phenoxy) is 1. The molecule has 0 saturated carbocycles. The Bertz CT molecular complexity index is 1040. The fraction of sp³-hybridized carbons (Fsp3) is 0.192. The largest absolute Gasteiger partial charge is 0.462 e. The number of halogens is 3. The van der Waals surface area contributed by atoms with Crippen molar-refractivity contribution in [1.82, 2.24) is 0 Å². The van der Waals surface area contributed by atoms with Crippen molar-refractivity contribution >= 4 is 74.6 Å². The Balaban J connectivity index is 2.51. The lowest BCUT2D eigenvalue weighted by atomic mass is 10.2. The highest BCUT2D eigenvalue weighted by Gasteiger charge is 2.38. The van der Waals surface area contributed by atoms with Crippen LogP contribution in [0.2, 0.25) is 0 Å². The van der Waals surface area contributed by atoms with Crippen LogP contribution in [0, 0.1) is 0 Å². The molecule has 0 spiro atoms. The van der Waals surface area contributed by atoms with E-state index in [1.807, 2.05) is 91.0 Å². The lowest BCUT2D eigenvalue weighted by Crippen LogP contribution is -2.38. The Morgan fingerprint density at radius 3 is 1.48 bits per heavy atom. The van der Waals surface area contributed by atoms with Crippen molar-refractivity contribution in [1.29, 1.82) is 0 Å². The quantitative estimate of drug-likeness (QED) is 0.172. The first kappa shape index (κ1) is 25.6. The van der Waals surface area contributed by atoms with Crippen molar-refractivity contribution in [3.8, 4) is 0 Å². The van der Waals surface area contributed by atoms with Gasteiger partial charge in [-0.1, -0.05) is 126 Å². The van der Waals surface area contributed by atoms with Gasteiger partial charge in [0.2, 0.25) is 0 Å². The molecule has 0 saturated heterocycles. The van der Waals surface area contributed by atoms with E-state index in [1.54, 1.807) is 6.92 Å². The molecule has 0 radical (unpaired) electrons. The van der Waals surface area contributed by atoms with Crippen LogP contribution in [0.1, 0.15) is 19.8 Å². The number of hydrogen-bond acceptors (Lipinski definition) is 3. The molecule has 3 aromatic carbocycles. The molecule has 0 N–H and O–H groups in total. The molecule has 0 heterocycles. The van der Waals surface area contributed by atoms with Gasteiger partial charge in [0.15, 0.2) is 9.58 Å². The third-order valence-electron chi connectivity index (χ3n) is 5.13. The molecular formula is C26H24Cl3O3P. The van der Waals surface area contributed by atoms with Gasteiger partial charge in [0.05, 0.1) is 6.61 Å². The summed E-state index contributed by atoms with van der Waals surface area (Å²) in [6.45, 7) is -1.07. The number of esters is 1. The normalized spacial score (nSPS) is 11.6. The van der Waals surface area contributed by atoms with Gasteiger partial charge in [-0.15, -0.1) is 0 Å². The highest BCUT2D eigenvalue weighted by molar-refractivity contribution is 7.97. The van der Waals surface area contributed by atoms with Crippen LogP contribution in [0.4, 0.5) is 0 Å². The summed E-state index contributed by atoms with van der Waals surface area (Å²) in [6.07, 6.45) is -0.114. The van der Waals surface area contributed by atoms with Gasteiger partial charge >= 0.3 is 5.97 Å². The maximum absolute atomic E-state index is 13.8. The van der Waals surface area contributed by atoms with Gasteiger partial charge in [0.1, 0.15) is 5.29 Å². The highest BCUT2D eigenvalue weighted by Crippen LogP contribution is 2.47. The first-order chi connectivity index (χ1) is 15.8. The Labute approximate surface area is 209 Å². The van der Waals surface area contributed by atoms with Crippen LogP contribution in [0.25, 0.3) is 0 Å². The van der Waals surface area contributed by atoms with Crippen molar-refractivity contribution in [3.63, 3.8) is 0 Å². The van der Waals surface area contributed by atoms with Crippen molar-refractivity contribution in [3.05, 3.63) is 91.0 Å². The number of carbonyl (C=O) groups is 2. The van der Waals surface area contributed by atoms with E-state index in [0.717, 1.165) is 15.9 Å². The molecule has 0 amide bonds. The number of Topliss-reactive ketones (excluding diaryl/α,β-unsaturated/α-hetero) is 1. The summed E-state index contributed by atoms with van der Waals surface area (Å²) in [6, 6.07) is 28.9. The van der Waals surface area contributed by atoms with Crippen LogP contribution in [-0.2, 0) is 14.3 Å².